The molecule has 0 N–H and O–H groups in total. The number of rotatable bonds is 3. The van der Waals surface area contributed by atoms with E-state index < -0.39 is 0 Å². The van der Waals surface area contributed by atoms with E-state index in [0.29, 0.717) is 11.4 Å². The molecule has 0 radical (unpaired) electrons. The minimum atomic E-state index is 0.165. The molecule has 2 heterocycles. The maximum Gasteiger partial charge on any atom is 0.227 e. The monoisotopic (exact) mass is 300 g/mol. The van der Waals surface area contributed by atoms with Crippen LogP contribution in [0.2, 0.25) is 5.02 Å². The summed E-state index contributed by atoms with van der Waals surface area (Å²) in [5.41, 5.74) is 2.13. The van der Waals surface area contributed by atoms with Crippen LogP contribution in [0.3, 0.4) is 0 Å². The molecule has 1 saturated heterocycles. The zero-order chi connectivity index (χ0) is 14.7. The van der Waals surface area contributed by atoms with E-state index in [1.165, 1.54) is 0 Å². The predicted octanol–water partition coefficient (Wildman–Crippen LogP) is 3.64. The molecule has 1 aromatic carbocycles. The number of aromatic nitrogens is 1. The Morgan fingerprint density at radius 1 is 1.29 bits per heavy atom. The molecule has 1 aliphatic rings. The molecule has 0 aliphatic carbocycles. The van der Waals surface area contributed by atoms with E-state index in [9.17, 15) is 4.79 Å². The van der Waals surface area contributed by atoms with Gasteiger partial charge in [0.2, 0.25) is 5.91 Å². The van der Waals surface area contributed by atoms with Gasteiger partial charge in [-0.15, -0.1) is 0 Å². The van der Waals surface area contributed by atoms with Crippen LogP contribution in [0.15, 0.2) is 48.8 Å². The molecule has 2 aromatic rings. The minimum absolute atomic E-state index is 0.165. The van der Waals surface area contributed by atoms with Gasteiger partial charge in [-0.2, -0.15) is 0 Å². The second-order valence-corrected chi connectivity index (χ2v) is 5.77. The van der Waals surface area contributed by atoms with Crippen molar-refractivity contribution in [3.05, 3.63) is 64.9 Å². The Morgan fingerprint density at radius 3 is 2.81 bits per heavy atom. The summed E-state index contributed by atoms with van der Waals surface area (Å²) in [6.45, 7) is 0.825. The third kappa shape index (κ3) is 3.24. The number of carbonyl (C=O) groups excluding carboxylic acids is 1. The summed E-state index contributed by atoms with van der Waals surface area (Å²) in [5, 5.41) is 0.695. The van der Waals surface area contributed by atoms with E-state index in [0.717, 1.165) is 30.5 Å². The van der Waals surface area contributed by atoms with Crippen molar-refractivity contribution >= 4 is 17.5 Å². The first-order valence-electron chi connectivity index (χ1n) is 7.18. The lowest BCUT2D eigenvalue weighted by molar-refractivity contribution is -0.131. The highest BCUT2D eigenvalue weighted by molar-refractivity contribution is 6.30. The van der Waals surface area contributed by atoms with Gasteiger partial charge in [0.05, 0.1) is 12.5 Å². The summed E-state index contributed by atoms with van der Waals surface area (Å²) in [7, 11) is 0. The molecule has 1 unspecified atom stereocenters. The van der Waals surface area contributed by atoms with Crippen LogP contribution in [-0.2, 0) is 11.2 Å². The van der Waals surface area contributed by atoms with Gasteiger partial charge in [-0.1, -0.05) is 29.8 Å². The maximum absolute atomic E-state index is 12.6. The number of pyridine rings is 1. The van der Waals surface area contributed by atoms with Gasteiger partial charge in [-0.25, -0.2) is 0 Å². The number of carbonyl (C=O) groups is 1. The first-order chi connectivity index (χ1) is 10.2. The van der Waals surface area contributed by atoms with Gasteiger partial charge >= 0.3 is 0 Å². The highest BCUT2D eigenvalue weighted by atomic mass is 35.5. The lowest BCUT2D eigenvalue weighted by Gasteiger charge is -2.25. The van der Waals surface area contributed by atoms with Gasteiger partial charge in [0, 0.05) is 24.0 Å². The van der Waals surface area contributed by atoms with Crippen LogP contribution < -0.4 is 0 Å². The number of likely N-dealkylation sites (tertiary alicyclic amines) is 1. The largest absolute Gasteiger partial charge is 0.335 e. The van der Waals surface area contributed by atoms with E-state index in [1.807, 2.05) is 47.5 Å². The minimum Gasteiger partial charge on any atom is -0.335 e. The number of amides is 1. The van der Waals surface area contributed by atoms with Crippen LogP contribution >= 0.6 is 11.6 Å². The average molecular weight is 301 g/mol. The zero-order valence-electron chi connectivity index (χ0n) is 11.7. The second kappa shape index (κ2) is 6.27. The van der Waals surface area contributed by atoms with Crippen molar-refractivity contribution < 1.29 is 4.79 Å². The van der Waals surface area contributed by atoms with Crippen molar-refractivity contribution in [3.8, 4) is 0 Å². The SMILES string of the molecule is O=C(Cc1ccc(Cl)cc1)N1CCCC1c1cccnc1. The Bertz CT molecular complexity index is 612. The van der Waals surface area contributed by atoms with Crippen LogP contribution in [-0.4, -0.2) is 22.3 Å². The smallest absolute Gasteiger partial charge is 0.227 e. The zero-order valence-corrected chi connectivity index (χ0v) is 12.5. The van der Waals surface area contributed by atoms with E-state index >= 15 is 0 Å². The molecule has 21 heavy (non-hydrogen) atoms. The third-order valence-corrected chi connectivity index (χ3v) is 4.16. The van der Waals surface area contributed by atoms with Crippen molar-refractivity contribution in [2.75, 3.05) is 6.54 Å². The Hall–Kier alpha value is -1.87. The predicted molar refractivity (Wildman–Crippen MR) is 83.1 cm³/mol. The Kier molecular flexibility index (Phi) is 4.20. The fourth-order valence-corrected chi connectivity index (χ4v) is 2.99. The number of halogens is 1. The fraction of sp³-hybridized carbons (Fsp3) is 0.294. The molecule has 3 nitrogen and oxygen atoms in total. The molecular formula is C17H17ClN2O. The highest BCUT2D eigenvalue weighted by Gasteiger charge is 2.29. The Balaban J connectivity index is 1.73. The van der Waals surface area contributed by atoms with Gasteiger partial charge < -0.3 is 4.90 Å². The maximum atomic E-state index is 12.6. The van der Waals surface area contributed by atoms with Crippen molar-refractivity contribution in [2.24, 2.45) is 0 Å². The lowest BCUT2D eigenvalue weighted by atomic mass is 10.1. The molecule has 0 saturated carbocycles. The molecule has 1 aromatic heterocycles. The molecule has 1 aliphatic heterocycles. The number of benzene rings is 1. The molecule has 0 bridgehead atoms. The number of nitrogens with zero attached hydrogens (tertiary/aromatic N) is 2. The van der Waals surface area contributed by atoms with Crippen molar-refractivity contribution in [1.82, 2.24) is 9.88 Å². The quantitative estimate of drug-likeness (QED) is 0.867. The Morgan fingerprint density at radius 2 is 2.10 bits per heavy atom. The highest BCUT2D eigenvalue weighted by Crippen LogP contribution is 2.31. The normalized spacial score (nSPS) is 18.0. The van der Waals surface area contributed by atoms with Gasteiger partial charge in [0.1, 0.15) is 0 Å². The molecular weight excluding hydrogens is 284 g/mol. The topological polar surface area (TPSA) is 33.2 Å². The third-order valence-electron chi connectivity index (χ3n) is 3.91. The van der Waals surface area contributed by atoms with Crippen LogP contribution in [0.5, 0.6) is 0 Å². The molecule has 4 heteroatoms. The Labute approximate surface area is 129 Å². The van der Waals surface area contributed by atoms with E-state index in [4.69, 9.17) is 11.6 Å². The van der Waals surface area contributed by atoms with Crippen LogP contribution in [0.4, 0.5) is 0 Å². The summed E-state index contributed by atoms with van der Waals surface area (Å²) >= 11 is 5.88. The first kappa shape index (κ1) is 14.1. The molecule has 0 spiro atoms. The van der Waals surface area contributed by atoms with Gasteiger partial charge in [-0.05, 0) is 42.2 Å². The van der Waals surface area contributed by atoms with Crippen molar-refractivity contribution in [3.63, 3.8) is 0 Å². The summed E-state index contributed by atoms with van der Waals surface area (Å²) < 4.78 is 0. The van der Waals surface area contributed by atoms with Gasteiger partial charge in [0.15, 0.2) is 0 Å². The second-order valence-electron chi connectivity index (χ2n) is 5.33. The summed E-state index contributed by atoms with van der Waals surface area (Å²) in [6, 6.07) is 11.6. The first-order valence-corrected chi connectivity index (χ1v) is 7.55. The van der Waals surface area contributed by atoms with Crippen molar-refractivity contribution in [2.45, 2.75) is 25.3 Å². The number of hydrogen-bond acceptors (Lipinski definition) is 2. The molecule has 3 rings (SSSR count). The van der Waals surface area contributed by atoms with E-state index in [-0.39, 0.29) is 11.9 Å². The molecule has 1 fully saturated rings. The van der Waals surface area contributed by atoms with Gasteiger partial charge in [0.25, 0.3) is 0 Å². The summed E-state index contributed by atoms with van der Waals surface area (Å²) in [5.74, 6) is 0.170. The molecule has 1 amide bonds. The fourth-order valence-electron chi connectivity index (χ4n) is 2.86. The summed E-state index contributed by atoms with van der Waals surface area (Å²) in [4.78, 5) is 18.7. The number of hydrogen-bond donors (Lipinski definition) is 0. The van der Waals surface area contributed by atoms with Crippen LogP contribution in [0.1, 0.15) is 30.0 Å². The van der Waals surface area contributed by atoms with Crippen LogP contribution in [0.25, 0.3) is 0 Å². The molecule has 1 atom stereocenters. The van der Waals surface area contributed by atoms with E-state index in [1.54, 1.807) is 6.20 Å². The standard InChI is InChI=1S/C17H17ClN2O/c18-15-7-5-13(6-8-15)11-17(21)20-10-2-4-16(20)14-3-1-9-19-12-14/h1,3,5-9,12,16H,2,4,10-11H2. The van der Waals surface area contributed by atoms with E-state index in [2.05, 4.69) is 4.98 Å². The summed E-state index contributed by atoms with van der Waals surface area (Å²) in [6.07, 6.45) is 6.11. The van der Waals surface area contributed by atoms with Gasteiger partial charge in [-0.3, -0.25) is 9.78 Å². The van der Waals surface area contributed by atoms with Crippen LogP contribution in [0, 0.1) is 0 Å². The average Bonchev–Trinajstić information content (AvgIpc) is 3.00. The lowest BCUT2D eigenvalue weighted by Crippen LogP contribution is -2.31. The van der Waals surface area contributed by atoms with Crippen molar-refractivity contribution in [1.29, 1.82) is 0 Å². The molecule has 108 valence electrons.